The molecule has 0 radical (unpaired) electrons. The summed E-state index contributed by atoms with van der Waals surface area (Å²) in [7, 11) is 0. The number of hydrogen-bond donors (Lipinski definition) is 4. The van der Waals surface area contributed by atoms with Crippen molar-refractivity contribution in [2.75, 3.05) is 29.0 Å². The molecule has 0 aliphatic rings. The zero-order valence-corrected chi connectivity index (χ0v) is 18.6. The van der Waals surface area contributed by atoms with Crippen LogP contribution in [-0.4, -0.2) is 30.8 Å². The second kappa shape index (κ2) is 12.0. The van der Waals surface area contributed by atoms with Crippen LogP contribution in [-0.2, 0) is 4.79 Å². The van der Waals surface area contributed by atoms with Gasteiger partial charge in [0.15, 0.2) is 0 Å². The average molecular weight is 445 g/mol. The Hall–Kier alpha value is -4.13. The number of carbonyl (C=O) groups excluding carboxylic acids is 3. The molecule has 0 bridgehead atoms. The SMILES string of the molecule is CCCCNC(=O)c1cccc(NCC(=O)Nc2cccc(NC(=O)c3ccccc3)c2)c1. The van der Waals surface area contributed by atoms with Gasteiger partial charge in [-0.05, 0) is 55.0 Å². The molecule has 7 heteroatoms. The molecule has 0 atom stereocenters. The average Bonchev–Trinajstić information content (AvgIpc) is 2.84. The normalized spacial score (nSPS) is 10.2. The Morgan fingerprint density at radius 3 is 2.12 bits per heavy atom. The topological polar surface area (TPSA) is 99.3 Å². The summed E-state index contributed by atoms with van der Waals surface area (Å²) in [5, 5.41) is 11.5. The standard InChI is InChI=1S/C26H28N4O3/c1-2-3-15-27-25(32)20-11-7-12-21(16-20)28-18-24(31)29-22-13-8-14-23(17-22)30-26(33)19-9-5-4-6-10-19/h4-14,16-17,28H,2-3,15,18H2,1H3,(H,27,32)(H,29,31)(H,30,33). The van der Waals surface area contributed by atoms with Crippen LogP contribution in [0.4, 0.5) is 17.1 Å². The molecule has 3 aromatic carbocycles. The van der Waals surface area contributed by atoms with Crippen molar-refractivity contribution in [1.82, 2.24) is 5.32 Å². The van der Waals surface area contributed by atoms with Gasteiger partial charge < -0.3 is 21.3 Å². The largest absolute Gasteiger partial charge is 0.376 e. The molecule has 0 saturated heterocycles. The maximum Gasteiger partial charge on any atom is 0.255 e. The lowest BCUT2D eigenvalue weighted by molar-refractivity contribution is -0.114. The van der Waals surface area contributed by atoms with Crippen molar-refractivity contribution < 1.29 is 14.4 Å². The van der Waals surface area contributed by atoms with Crippen LogP contribution in [0, 0.1) is 0 Å². The van der Waals surface area contributed by atoms with Gasteiger partial charge in [0.05, 0.1) is 6.54 Å². The summed E-state index contributed by atoms with van der Waals surface area (Å²) in [4.78, 5) is 36.9. The van der Waals surface area contributed by atoms with Gasteiger partial charge in [-0.15, -0.1) is 0 Å². The highest BCUT2D eigenvalue weighted by atomic mass is 16.2. The van der Waals surface area contributed by atoms with Crippen LogP contribution < -0.4 is 21.3 Å². The highest BCUT2D eigenvalue weighted by molar-refractivity contribution is 6.04. The first-order valence-corrected chi connectivity index (χ1v) is 10.9. The third-order valence-corrected chi connectivity index (χ3v) is 4.83. The molecule has 7 nitrogen and oxygen atoms in total. The van der Waals surface area contributed by atoms with Gasteiger partial charge in [-0.3, -0.25) is 14.4 Å². The molecule has 0 aliphatic carbocycles. The molecule has 33 heavy (non-hydrogen) atoms. The van der Waals surface area contributed by atoms with E-state index in [9.17, 15) is 14.4 Å². The minimum Gasteiger partial charge on any atom is -0.376 e. The molecule has 0 saturated carbocycles. The fourth-order valence-corrected chi connectivity index (χ4v) is 3.11. The van der Waals surface area contributed by atoms with E-state index in [2.05, 4.69) is 28.2 Å². The first-order valence-electron chi connectivity index (χ1n) is 10.9. The maximum absolute atomic E-state index is 12.4. The third-order valence-electron chi connectivity index (χ3n) is 4.83. The van der Waals surface area contributed by atoms with E-state index < -0.39 is 0 Å². The van der Waals surface area contributed by atoms with Crippen molar-refractivity contribution in [3.8, 4) is 0 Å². The summed E-state index contributed by atoms with van der Waals surface area (Å²) in [6, 6.07) is 22.9. The lowest BCUT2D eigenvalue weighted by Gasteiger charge is -2.11. The molecule has 0 aliphatic heterocycles. The van der Waals surface area contributed by atoms with Gasteiger partial charge in [0.25, 0.3) is 11.8 Å². The highest BCUT2D eigenvalue weighted by Gasteiger charge is 2.09. The Kier molecular flexibility index (Phi) is 8.59. The fraction of sp³-hybridized carbons (Fsp3) is 0.192. The van der Waals surface area contributed by atoms with Gasteiger partial charge in [0.2, 0.25) is 5.91 Å². The van der Waals surface area contributed by atoms with Crippen molar-refractivity contribution in [1.29, 1.82) is 0 Å². The second-order valence-electron chi connectivity index (χ2n) is 7.49. The molecular formula is C26H28N4O3. The monoisotopic (exact) mass is 444 g/mol. The molecule has 0 unspecified atom stereocenters. The molecule has 4 N–H and O–H groups in total. The fourth-order valence-electron chi connectivity index (χ4n) is 3.11. The predicted octanol–water partition coefficient (Wildman–Crippen LogP) is 4.52. The number of carbonyl (C=O) groups is 3. The zero-order valence-electron chi connectivity index (χ0n) is 18.6. The van der Waals surface area contributed by atoms with Crippen LogP contribution in [0.2, 0.25) is 0 Å². The van der Waals surface area contributed by atoms with E-state index in [1.165, 1.54) is 0 Å². The van der Waals surface area contributed by atoms with E-state index in [-0.39, 0.29) is 24.3 Å². The van der Waals surface area contributed by atoms with Crippen LogP contribution >= 0.6 is 0 Å². The highest BCUT2D eigenvalue weighted by Crippen LogP contribution is 2.16. The Labute approximate surface area is 193 Å². The molecular weight excluding hydrogens is 416 g/mol. The Balaban J connectivity index is 1.52. The molecule has 0 fully saturated rings. The Morgan fingerprint density at radius 2 is 1.36 bits per heavy atom. The number of benzene rings is 3. The van der Waals surface area contributed by atoms with Gasteiger partial charge in [-0.1, -0.05) is 43.7 Å². The number of anilines is 3. The first-order chi connectivity index (χ1) is 16.0. The quantitative estimate of drug-likeness (QED) is 0.346. The first kappa shape index (κ1) is 23.5. The molecule has 3 rings (SSSR count). The zero-order chi connectivity index (χ0) is 23.5. The predicted molar refractivity (Wildman–Crippen MR) is 132 cm³/mol. The number of amides is 3. The van der Waals surface area contributed by atoms with E-state index in [1.54, 1.807) is 72.8 Å². The minimum absolute atomic E-state index is 0.0293. The van der Waals surface area contributed by atoms with Gasteiger partial charge in [0.1, 0.15) is 0 Å². The van der Waals surface area contributed by atoms with Crippen molar-refractivity contribution in [3.05, 3.63) is 90.0 Å². The van der Waals surface area contributed by atoms with Crippen LogP contribution in [0.15, 0.2) is 78.9 Å². The smallest absolute Gasteiger partial charge is 0.255 e. The Morgan fingerprint density at radius 1 is 0.697 bits per heavy atom. The van der Waals surface area contributed by atoms with E-state index in [0.29, 0.717) is 34.7 Å². The lowest BCUT2D eigenvalue weighted by atomic mass is 10.2. The molecule has 0 aromatic heterocycles. The number of hydrogen-bond acceptors (Lipinski definition) is 4. The Bertz CT molecular complexity index is 1100. The van der Waals surface area contributed by atoms with Crippen molar-refractivity contribution in [2.45, 2.75) is 19.8 Å². The van der Waals surface area contributed by atoms with E-state index >= 15 is 0 Å². The van der Waals surface area contributed by atoms with Crippen molar-refractivity contribution in [3.63, 3.8) is 0 Å². The lowest BCUT2D eigenvalue weighted by Crippen LogP contribution is -2.25. The van der Waals surface area contributed by atoms with Gasteiger partial charge >= 0.3 is 0 Å². The molecule has 0 heterocycles. The number of rotatable bonds is 10. The van der Waals surface area contributed by atoms with Crippen LogP contribution in [0.25, 0.3) is 0 Å². The molecule has 170 valence electrons. The van der Waals surface area contributed by atoms with E-state index in [0.717, 1.165) is 12.8 Å². The van der Waals surface area contributed by atoms with Crippen molar-refractivity contribution in [2.24, 2.45) is 0 Å². The van der Waals surface area contributed by atoms with Crippen LogP contribution in [0.1, 0.15) is 40.5 Å². The number of nitrogens with one attached hydrogen (secondary N) is 4. The second-order valence-corrected chi connectivity index (χ2v) is 7.49. The molecule has 0 spiro atoms. The van der Waals surface area contributed by atoms with Gasteiger partial charge in [-0.2, -0.15) is 0 Å². The molecule has 3 amide bonds. The van der Waals surface area contributed by atoms with Gasteiger partial charge in [0, 0.05) is 34.7 Å². The third kappa shape index (κ3) is 7.50. The summed E-state index contributed by atoms with van der Waals surface area (Å²) in [6.07, 6.45) is 1.94. The summed E-state index contributed by atoms with van der Waals surface area (Å²) in [5.74, 6) is -0.607. The number of unbranched alkanes of at least 4 members (excludes halogenated alkanes) is 1. The van der Waals surface area contributed by atoms with Crippen molar-refractivity contribution >= 4 is 34.8 Å². The summed E-state index contributed by atoms with van der Waals surface area (Å²) < 4.78 is 0. The van der Waals surface area contributed by atoms with Gasteiger partial charge in [-0.25, -0.2) is 0 Å². The maximum atomic E-state index is 12.4. The summed E-state index contributed by atoms with van der Waals surface area (Å²) in [6.45, 7) is 2.74. The van der Waals surface area contributed by atoms with E-state index in [1.807, 2.05) is 6.07 Å². The molecule has 3 aromatic rings. The van der Waals surface area contributed by atoms with Crippen LogP contribution in [0.3, 0.4) is 0 Å². The summed E-state index contributed by atoms with van der Waals surface area (Å²) in [5.41, 5.74) is 2.92. The summed E-state index contributed by atoms with van der Waals surface area (Å²) >= 11 is 0. The minimum atomic E-state index is -0.251. The van der Waals surface area contributed by atoms with E-state index in [4.69, 9.17) is 0 Å². The van der Waals surface area contributed by atoms with Crippen LogP contribution in [0.5, 0.6) is 0 Å².